The lowest BCUT2D eigenvalue weighted by molar-refractivity contribution is 0.469. The van der Waals surface area contributed by atoms with Gasteiger partial charge in [-0.15, -0.1) is 10.2 Å². The van der Waals surface area contributed by atoms with E-state index < -0.39 is 0 Å². The van der Waals surface area contributed by atoms with Crippen LogP contribution in [0.15, 0.2) is 47.1 Å². The van der Waals surface area contributed by atoms with E-state index in [1.54, 1.807) is 12.1 Å². The van der Waals surface area contributed by atoms with E-state index in [0.717, 1.165) is 21.6 Å². The third-order valence-electron chi connectivity index (χ3n) is 2.79. The van der Waals surface area contributed by atoms with Crippen molar-refractivity contribution in [2.24, 2.45) is 0 Å². The van der Waals surface area contributed by atoms with E-state index >= 15 is 0 Å². The van der Waals surface area contributed by atoms with Crippen molar-refractivity contribution >= 4 is 21.6 Å². The third-order valence-corrected chi connectivity index (χ3v) is 3.41. The van der Waals surface area contributed by atoms with Crippen molar-refractivity contribution in [2.45, 2.75) is 6.42 Å². The largest absolute Gasteiger partial charge is 0.508 e. The van der Waals surface area contributed by atoms with Gasteiger partial charge in [-0.1, -0.05) is 24.3 Å². The van der Waals surface area contributed by atoms with Crippen molar-refractivity contribution in [3.05, 3.63) is 58.5 Å². The Hall–Kier alpha value is -1.88. The van der Waals surface area contributed by atoms with Crippen LogP contribution < -0.4 is 0 Å². The molecule has 3 aromatic rings. The zero-order valence-electron chi connectivity index (χ0n) is 9.42. The molecular formula is C13H10BrN3O. The highest BCUT2D eigenvalue weighted by atomic mass is 79.9. The topological polar surface area (TPSA) is 50.4 Å². The number of aromatic hydroxyl groups is 1. The predicted octanol–water partition coefficient (Wildman–Crippen LogP) is 2.79. The van der Waals surface area contributed by atoms with E-state index in [4.69, 9.17) is 0 Å². The van der Waals surface area contributed by atoms with Crippen LogP contribution in [-0.2, 0) is 6.42 Å². The minimum Gasteiger partial charge on any atom is -0.508 e. The van der Waals surface area contributed by atoms with Crippen molar-refractivity contribution in [3.63, 3.8) is 0 Å². The van der Waals surface area contributed by atoms with Crippen LogP contribution in [0.25, 0.3) is 5.65 Å². The molecule has 0 atom stereocenters. The SMILES string of the molecule is Oc1ccccc1Cc1nnc2cccc(Br)n12. The number of rotatable bonds is 2. The first-order valence-corrected chi connectivity index (χ1v) is 6.30. The summed E-state index contributed by atoms with van der Waals surface area (Å²) in [5.74, 6) is 1.07. The summed E-state index contributed by atoms with van der Waals surface area (Å²) in [7, 11) is 0. The number of para-hydroxylation sites is 1. The van der Waals surface area contributed by atoms with E-state index in [2.05, 4.69) is 26.1 Å². The third kappa shape index (κ3) is 1.86. The highest BCUT2D eigenvalue weighted by molar-refractivity contribution is 9.10. The molecule has 0 aliphatic rings. The first-order valence-electron chi connectivity index (χ1n) is 5.51. The van der Waals surface area contributed by atoms with Gasteiger partial charge in [-0.25, -0.2) is 0 Å². The minimum absolute atomic E-state index is 0.279. The van der Waals surface area contributed by atoms with Gasteiger partial charge in [-0.3, -0.25) is 4.40 Å². The number of benzene rings is 1. The number of phenols is 1. The maximum Gasteiger partial charge on any atom is 0.161 e. The summed E-state index contributed by atoms with van der Waals surface area (Å²) >= 11 is 3.48. The zero-order valence-corrected chi connectivity index (χ0v) is 11.0. The Morgan fingerprint density at radius 1 is 1.06 bits per heavy atom. The number of fused-ring (bicyclic) bond motifs is 1. The Kier molecular flexibility index (Phi) is 2.76. The van der Waals surface area contributed by atoms with Gasteiger partial charge in [-0.05, 0) is 34.1 Å². The molecule has 0 amide bonds. The summed E-state index contributed by atoms with van der Waals surface area (Å²) in [5.41, 5.74) is 1.62. The zero-order chi connectivity index (χ0) is 12.5. The average Bonchev–Trinajstić information content (AvgIpc) is 2.77. The van der Waals surface area contributed by atoms with Gasteiger partial charge in [0.1, 0.15) is 11.6 Å². The molecule has 0 unspecified atom stereocenters. The lowest BCUT2D eigenvalue weighted by Crippen LogP contribution is -1.97. The maximum atomic E-state index is 9.78. The average molecular weight is 304 g/mol. The molecule has 1 N–H and O–H groups in total. The van der Waals surface area contributed by atoms with E-state index in [0.29, 0.717) is 6.42 Å². The highest BCUT2D eigenvalue weighted by Gasteiger charge is 2.10. The molecule has 4 nitrogen and oxygen atoms in total. The van der Waals surface area contributed by atoms with Crippen LogP contribution in [0.4, 0.5) is 0 Å². The van der Waals surface area contributed by atoms with Crippen LogP contribution >= 0.6 is 15.9 Å². The van der Waals surface area contributed by atoms with Crippen LogP contribution in [-0.4, -0.2) is 19.7 Å². The van der Waals surface area contributed by atoms with Gasteiger partial charge in [0.15, 0.2) is 5.65 Å². The molecule has 0 saturated heterocycles. The second kappa shape index (κ2) is 4.42. The Morgan fingerprint density at radius 2 is 1.89 bits per heavy atom. The van der Waals surface area contributed by atoms with Crippen molar-refractivity contribution in [2.75, 3.05) is 0 Å². The Balaban J connectivity index is 2.09. The van der Waals surface area contributed by atoms with Gasteiger partial charge in [0.05, 0.1) is 4.60 Å². The van der Waals surface area contributed by atoms with Gasteiger partial charge in [0, 0.05) is 12.0 Å². The number of pyridine rings is 1. The summed E-state index contributed by atoms with van der Waals surface area (Å²) in [4.78, 5) is 0. The number of halogens is 1. The smallest absolute Gasteiger partial charge is 0.161 e. The van der Waals surface area contributed by atoms with E-state index in [1.165, 1.54) is 0 Å². The first kappa shape index (κ1) is 11.2. The summed E-state index contributed by atoms with van der Waals surface area (Å²) in [6, 6.07) is 13.0. The first-order chi connectivity index (χ1) is 8.75. The summed E-state index contributed by atoms with van der Waals surface area (Å²) in [6.45, 7) is 0. The Morgan fingerprint density at radius 3 is 2.72 bits per heavy atom. The quantitative estimate of drug-likeness (QED) is 0.741. The van der Waals surface area contributed by atoms with Gasteiger partial charge in [-0.2, -0.15) is 0 Å². The van der Waals surface area contributed by atoms with Gasteiger partial charge < -0.3 is 5.11 Å². The molecule has 90 valence electrons. The fourth-order valence-electron chi connectivity index (χ4n) is 1.90. The number of hydrogen-bond donors (Lipinski definition) is 1. The van der Waals surface area contributed by atoms with Crippen LogP contribution in [0.1, 0.15) is 11.4 Å². The van der Waals surface area contributed by atoms with Gasteiger partial charge in [0.25, 0.3) is 0 Å². The van der Waals surface area contributed by atoms with Crippen LogP contribution in [0.2, 0.25) is 0 Å². The van der Waals surface area contributed by atoms with Crippen molar-refractivity contribution < 1.29 is 5.11 Å². The van der Waals surface area contributed by atoms with Crippen LogP contribution in [0.5, 0.6) is 5.75 Å². The fourth-order valence-corrected chi connectivity index (χ4v) is 2.44. The molecule has 0 saturated carbocycles. The summed E-state index contributed by atoms with van der Waals surface area (Å²) in [5, 5.41) is 18.1. The molecule has 3 rings (SSSR count). The summed E-state index contributed by atoms with van der Waals surface area (Å²) in [6.07, 6.45) is 0.538. The molecule has 1 aromatic carbocycles. The Bertz CT molecular complexity index is 708. The lowest BCUT2D eigenvalue weighted by Gasteiger charge is -2.04. The molecule has 0 radical (unpaired) electrons. The molecule has 0 aliphatic heterocycles. The van der Waals surface area contributed by atoms with Crippen molar-refractivity contribution in [1.29, 1.82) is 0 Å². The van der Waals surface area contributed by atoms with Crippen molar-refractivity contribution in [1.82, 2.24) is 14.6 Å². The fraction of sp³-hybridized carbons (Fsp3) is 0.0769. The lowest BCUT2D eigenvalue weighted by atomic mass is 10.1. The molecule has 0 aliphatic carbocycles. The number of aromatic nitrogens is 3. The Labute approximate surface area is 112 Å². The number of phenolic OH excluding ortho intramolecular Hbond substituents is 1. The van der Waals surface area contributed by atoms with E-state index in [1.807, 2.05) is 34.7 Å². The molecule has 0 spiro atoms. The standard InChI is InChI=1S/C13H10BrN3O/c14-11-6-3-7-12-15-16-13(17(11)12)8-9-4-1-2-5-10(9)18/h1-7,18H,8H2. The molecule has 5 heteroatoms. The number of hydrogen-bond acceptors (Lipinski definition) is 3. The monoisotopic (exact) mass is 303 g/mol. The molecule has 0 fully saturated rings. The van der Waals surface area contributed by atoms with Crippen LogP contribution in [0, 0.1) is 0 Å². The molecule has 2 heterocycles. The molecular weight excluding hydrogens is 294 g/mol. The van der Waals surface area contributed by atoms with E-state index in [-0.39, 0.29) is 5.75 Å². The molecule has 18 heavy (non-hydrogen) atoms. The van der Waals surface area contributed by atoms with E-state index in [9.17, 15) is 5.11 Å². The summed E-state index contributed by atoms with van der Waals surface area (Å²) < 4.78 is 2.82. The van der Waals surface area contributed by atoms with Gasteiger partial charge >= 0.3 is 0 Å². The van der Waals surface area contributed by atoms with Crippen molar-refractivity contribution in [3.8, 4) is 5.75 Å². The predicted molar refractivity (Wildman–Crippen MR) is 71.6 cm³/mol. The minimum atomic E-state index is 0.279. The second-order valence-corrected chi connectivity index (χ2v) is 4.78. The number of nitrogens with zero attached hydrogens (tertiary/aromatic N) is 3. The molecule has 2 aromatic heterocycles. The highest BCUT2D eigenvalue weighted by Crippen LogP contribution is 2.21. The van der Waals surface area contributed by atoms with Gasteiger partial charge in [0.2, 0.25) is 0 Å². The molecule has 0 bridgehead atoms. The second-order valence-electron chi connectivity index (χ2n) is 3.96. The normalized spacial score (nSPS) is 10.9. The maximum absolute atomic E-state index is 9.78. The van der Waals surface area contributed by atoms with Crippen LogP contribution in [0.3, 0.4) is 0 Å².